The molecule has 0 radical (unpaired) electrons. The van der Waals surface area contributed by atoms with E-state index in [2.05, 4.69) is 24.0 Å². The van der Waals surface area contributed by atoms with Crippen LogP contribution in [0.25, 0.3) is 0 Å². The monoisotopic (exact) mass is 158 g/mol. The minimum Gasteiger partial charge on any atom is -1.00 e. The van der Waals surface area contributed by atoms with Crippen molar-refractivity contribution in [2.75, 3.05) is 18.1 Å². The van der Waals surface area contributed by atoms with Crippen LogP contribution >= 0.6 is 0 Å². The van der Waals surface area contributed by atoms with Gasteiger partial charge in [0.1, 0.15) is 0 Å². The van der Waals surface area contributed by atoms with Crippen LogP contribution in [0.4, 0.5) is 5.69 Å². The summed E-state index contributed by atoms with van der Waals surface area (Å²) in [6.45, 7) is 3.64. The largest absolute Gasteiger partial charge is 1.00 e. The number of benzene rings is 1. The van der Waals surface area contributed by atoms with Crippen molar-refractivity contribution in [2.45, 2.75) is 6.92 Å². The Morgan fingerprint density at radius 2 is 1.92 bits per heavy atom. The van der Waals surface area contributed by atoms with Crippen LogP contribution in [-0.2, 0) is 0 Å². The van der Waals surface area contributed by atoms with Crippen LogP contribution in [0.2, 0.25) is 0 Å². The van der Waals surface area contributed by atoms with E-state index in [1.807, 2.05) is 18.2 Å². The SMILES string of the molecule is CCN(CN)c1ccccc1.[H-].[Li+]. The first kappa shape index (κ1) is 11.6. The summed E-state index contributed by atoms with van der Waals surface area (Å²) in [7, 11) is 0. The predicted molar refractivity (Wildman–Crippen MR) is 49.6 cm³/mol. The van der Waals surface area contributed by atoms with E-state index in [0.29, 0.717) is 6.67 Å². The van der Waals surface area contributed by atoms with Crippen molar-refractivity contribution in [1.82, 2.24) is 0 Å². The molecule has 0 bridgehead atoms. The molecule has 0 unspecified atom stereocenters. The van der Waals surface area contributed by atoms with Crippen LogP contribution in [0.1, 0.15) is 8.35 Å². The minimum absolute atomic E-state index is 0. The van der Waals surface area contributed by atoms with Gasteiger partial charge in [0.15, 0.2) is 0 Å². The van der Waals surface area contributed by atoms with Gasteiger partial charge in [0.2, 0.25) is 0 Å². The molecule has 1 aromatic carbocycles. The van der Waals surface area contributed by atoms with Crippen LogP contribution < -0.4 is 29.5 Å². The molecule has 62 valence electrons. The maximum absolute atomic E-state index is 5.54. The predicted octanol–water partition coefficient (Wildman–Crippen LogP) is -1.45. The zero-order valence-corrected chi connectivity index (χ0v) is 7.83. The fourth-order valence-electron chi connectivity index (χ4n) is 1.06. The molecule has 0 heterocycles. The number of rotatable bonds is 3. The molecule has 1 rings (SSSR count). The molecule has 0 saturated carbocycles. The Balaban J connectivity index is 0. The molecule has 0 aliphatic heterocycles. The zero-order chi connectivity index (χ0) is 8.10. The summed E-state index contributed by atoms with van der Waals surface area (Å²) in [5, 5.41) is 0. The van der Waals surface area contributed by atoms with Gasteiger partial charge in [-0.2, -0.15) is 0 Å². The van der Waals surface area contributed by atoms with Crippen LogP contribution in [0.3, 0.4) is 0 Å². The normalized spacial score (nSPS) is 8.83. The molecule has 12 heavy (non-hydrogen) atoms. The van der Waals surface area contributed by atoms with E-state index in [0.717, 1.165) is 6.54 Å². The Morgan fingerprint density at radius 3 is 2.33 bits per heavy atom. The molecule has 3 heteroatoms. The van der Waals surface area contributed by atoms with E-state index in [1.165, 1.54) is 5.69 Å². The van der Waals surface area contributed by atoms with Crippen molar-refractivity contribution in [3.8, 4) is 0 Å². The third-order valence-electron chi connectivity index (χ3n) is 1.72. The van der Waals surface area contributed by atoms with Crippen LogP contribution in [-0.4, -0.2) is 13.2 Å². The topological polar surface area (TPSA) is 29.3 Å². The fourth-order valence-corrected chi connectivity index (χ4v) is 1.06. The number of anilines is 1. The van der Waals surface area contributed by atoms with Gasteiger partial charge in [-0.25, -0.2) is 0 Å². The fraction of sp³-hybridized carbons (Fsp3) is 0.333. The van der Waals surface area contributed by atoms with E-state index in [4.69, 9.17) is 5.73 Å². The van der Waals surface area contributed by atoms with Gasteiger partial charge in [-0.1, -0.05) is 18.2 Å². The second kappa shape index (κ2) is 6.13. The zero-order valence-electron chi connectivity index (χ0n) is 8.83. The second-order valence-corrected chi connectivity index (χ2v) is 2.37. The number of hydrogen-bond acceptors (Lipinski definition) is 2. The van der Waals surface area contributed by atoms with E-state index in [9.17, 15) is 0 Å². The summed E-state index contributed by atoms with van der Waals surface area (Å²) in [4.78, 5) is 2.11. The Morgan fingerprint density at radius 1 is 1.33 bits per heavy atom. The first-order valence-electron chi connectivity index (χ1n) is 3.88. The van der Waals surface area contributed by atoms with Crippen molar-refractivity contribution in [1.29, 1.82) is 0 Å². The summed E-state index contributed by atoms with van der Waals surface area (Å²) in [5.74, 6) is 0. The number of para-hydroxylation sites is 1. The molecule has 0 amide bonds. The maximum Gasteiger partial charge on any atom is 1.00 e. The second-order valence-electron chi connectivity index (χ2n) is 2.37. The van der Waals surface area contributed by atoms with Gasteiger partial charge >= 0.3 is 18.9 Å². The first-order valence-corrected chi connectivity index (χ1v) is 3.88. The minimum atomic E-state index is 0. The molecule has 1 aromatic rings. The molecule has 0 saturated heterocycles. The third-order valence-corrected chi connectivity index (χ3v) is 1.72. The van der Waals surface area contributed by atoms with E-state index >= 15 is 0 Å². The molecule has 0 aromatic heterocycles. The van der Waals surface area contributed by atoms with E-state index in [-0.39, 0.29) is 20.3 Å². The summed E-state index contributed by atoms with van der Waals surface area (Å²) < 4.78 is 0. The molecular weight excluding hydrogens is 143 g/mol. The van der Waals surface area contributed by atoms with Crippen LogP contribution in [0, 0.1) is 0 Å². The van der Waals surface area contributed by atoms with Gasteiger partial charge < -0.3 is 12.1 Å². The molecule has 2 N–H and O–H groups in total. The summed E-state index contributed by atoms with van der Waals surface area (Å²) in [6.07, 6.45) is 0. The van der Waals surface area contributed by atoms with Crippen molar-refractivity contribution in [2.24, 2.45) is 5.73 Å². The van der Waals surface area contributed by atoms with Gasteiger partial charge in [-0.3, -0.25) is 0 Å². The molecule has 0 aliphatic rings. The number of nitrogens with zero attached hydrogens (tertiary/aromatic N) is 1. The number of nitrogens with two attached hydrogens (primary N) is 1. The Labute approximate surface area is 87.4 Å². The standard InChI is InChI=1S/C9H14N2.Li.H/c1-2-11(8-10)9-6-4-3-5-7-9;;/h3-7H,2,8,10H2,1H3;;/q;+1;-1. The van der Waals surface area contributed by atoms with E-state index in [1.54, 1.807) is 0 Å². The summed E-state index contributed by atoms with van der Waals surface area (Å²) >= 11 is 0. The van der Waals surface area contributed by atoms with Gasteiger partial charge in [0.05, 0.1) is 6.67 Å². The Hall–Kier alpha value is -0.423. The molecule has 0 spiro atoms. The van der Waals surface area contributed by atoms with Gasteiger partial charge in [0, 0.05) is 12.2 Å². The maximum atomic E-state index is 5.54. The van der Waals surface area contributed by atoms with Crippen molar-refractivity contribution >= 4 is 5.69 Å². The van der Waals surface area contributed by atoms with E-state index < -0.39 is 0 Å². The Kier molecular flexibility index (Phi) is 5.92. The average molecular weight is 158 g/mol. The van der Waals surface area contributed by atoms with Crippen LogP contribution in [0.15, 0.2) is 30.3 Å². The summed E-state index contributed by atoms with van der Waals surface area (Å²) in [5.41, 5.74) is 6.73. The number of hydrogen-bond donors (Lipinski definition) is 1. The third kappa shape index (κ3) is 2.90. The van der Waals surface area contributed by atoms with Gasteiger partial charge in [-0.15, -0.1) is 0 Å². The Bertz CT molecular complexity index is 202. The van der Waals surface area contributed by atoms with Crippen LogP contribution in [0.5, 0.6) is 0 Å². The van der Waals surface area contributed by atoms with Crippen molar-refractivity contribution in [3.63, 3.8) is 0 Å². The molecule has 0 atom stereocenters. The molecular formula is C9H15LiN2. The van der Waals surface area contributed by atoms with Crippen molar-refractivity contribution < 1.29 is 20.3 Å². The van der Waals surface area contributed by atoms with Gasteiger partial charge in [-0.05, 0) is 19.1 Å². The molecule has 0 fully saturated rings. The average Bonchev–Trinajstić information content (AvgIpc) is 2.09. The molecule has 2 nitrogen and oxygen atoms in total. The molecule has 0 aliphatic carbocycles. The van der Waals surface area contributed by atoms with Gasteiger partial charge in [0.25, 0.3) is 0 Å². The quantitative estimate of drug-likeness (QED) is 0.430. The summed E-state index contributed by atoms with van der Waals surface area (Å²) in [6, 6.07) is 10.2. The smallest absolute Gasteiger partial charge is 1.00 e. The first-order chi connectivity index (χ1) is 5.38. The van der Waals surface area contributed by atoms with Crippen molar-refractivity contribution in [3.05, 3.63) is 30.3 Å².